The minimum atomic E-state index is -3.30. The van der Waals surface area contributed by atoms with E-state index >= 15 is 0 Å². The molecule has 7 nitrogen and oxygen atoms in total. The number of fused-ring (bicyclic) bond motifs is 1. The van der Waals surface area contributed by atoms with Crippen molar-refractivity contribution in [2.24, 2.45) is 0 Å². The van der Waals surface area contributed by atoms with Gasteiger partial charge in [-0.15, -0.1) is 10.2 Å². The van der Waals surface area contributed by atoms with E-state index in [1.807, 2.05) is 25.1 Å². The van der Waals surface area contributed by atoms with Gasteiger partial charge in [-0.3, -0.25) is 13.7 Å². The Labute approximate surface area is 190 Å². The molecule has 0 bridgehead atoms. The fourth-order valence-electron chi connectivity index (χ4n) is 3.43. The van der Waals surface area contributed by atoms with E-state index in [0.717, 1.165) is 16.8 Å². The van der Waals surface area contributed by atoms with E-state index in [1.54, 1.807) is 36.0 Å². The largest absolute Gasteiger partial charge is 0.293 e. The van der Waals surface area contributed by atoms with Crippen LogP contribution in [0, 0.1) is 6.92 Å². The zero-order chi connectivity index (χ0) is 22.2. The number of thioether (sulfide) groups is 1. The molecule has 31 heavy (non-hydrogen) atoms. The number of Topliss-reactive ketones (excluding diaryl/α,β-unsaturated/α-hetero) is 1. The molecule has 0 amide bonds. The molecule has 2 aromatic carbocycles. The monoisotopic (exact) mass is 476 g/mol. The van der Waals surface area contributed by atoms with Gasteiger partial charge in [-0.1, -0.05) is 29.4 Å². The Morgan fingerprint density at radius 3 is 2.77 bits per heavy atom. The fraction of sp³-hybridized carbons (Fsp3) is 0.286. The van der Waals surface area contributed by atoms with Gasteiger partial charge < -0.3 is 0 Å². The molecule has 0 atom stereocenters. The smallest absolute Gasteiger partial charge is 0.234 e. The minimum absolute atomic E-state index is 0.0522. The molecule has 0 fully saturated rings. The molecule has 0 N–H and O–H groups in total. The quantitative estimate of drug-likeness (QED) is 0.379. The van der Waals surface area contributed by atoms with E-state index in [1.165, 1.54) is 16.1 Å². The number of carbonyl (C=O) groups is 1. The summed E-state index contributed by atoms with van der Waals surface area (Å²) < 4.78 is 27.7. The summed E-state index contributed by atoms with van der Waals surface area (Å²) in [5.41, 5.74) is 3.91. The third-order valence-corrected chi connectivity index (χ3v) is 8.37. The number of hydrogen-bond acceptors (Lipinski definition) is 6. The van der Waals surface area contributed by atoms with Gasteiger partial charge in [-0.2, -0.15) is 0 Å². The van der Waals surface area contributed by atoms with Crippen molar-refractivity contribution in [3.05, 3.63) is 64.4 Å². The summed E-state index contributed by atoms with van der Waals surface area (Å²) in [6.45, 7) is 3.98. The molecule has 2 heterocycles. The van der Waals surface area contributed by atoms with Gasteiger partial charge in [0.15, 0.2) is 10.9 Å². The number of rotatable bonds is 7. The van der Waals surface area contributed by atoms with E-state index in [2.05, 4.69) is 10.2 Å². The third-order valence-electron chi connectivity index (χ3n) is 5.24. The van der Waals surface area contributed by atoms with Gasteiger partial charge in [-0.05, 0) is 61.7 Å². The van der Waals surface area contributed by atoms with Crippen LogP contribution in [0.15, 0.2) is 47.9 Å². The predicted molar refractivity (Wildman–Crippen MR) is 123 cm³/mol. The molecule has 1 aliphatic rings. The maximum atomic E-state index is 12.8. The highest BCUT2D eigenvalue weighted by Gasteiger charge is 2.28. The summed E-state index contributed by atoms with van der Waals surface area (Å²) >= 11 is 7.52. The number of halogens is 1. The first-order valence-corrected chi connectivity index (χ1v) is 12.7. The Hall–Kier alpha value is -2.36. The number of sulfonamides is 1. The molecule has 1 aromatic heterocycles. The van der Waals surface area contributed by atoms with Crippen LogP contribution in [0.25, 0.3) is 5.69 Å². The topological polar surface area (TPSA) is 85.2 Å². The van der Waals surface area contributed by atoms with Crippen LogP contribution in [0.1, 0.15) is 28.4 Å². The number of hydrogen-bond donors (Lipinski definition) is 0. The lowest BCUT2D eigenvalue weighted by Crippen LogP contribution is -2.30. The summed E-state index contributed by atoms with van der Waals surface area (Å²) in [6.07, 6.45) is 2.19. The Bertz CT molecular complexity index is 1260. The molecule has 0 spiro atoms. The zero-order valence-electron chi connectivity index (χ0n) is 17.1. The van der Waals surface area contributed by atoms with Crippen LogP contribution in [-0.2, 0) is 16.4 Å². The molecule has 1 aliphatic heterocycles. The Morgan fingerprint density at radius 2 is 2.03 bits per heavy atom. The van der Waals surface area contributed by atoms with Crippen molar-refractivity contribution in [1.82, 2.24) is 14.8 Å². The van der Waals surface area contributed by atoms with Gasteiger partial charge in [0, 0.05) is 17.1 Å². The minimum Gasteiger partial charge on any atom is -0.293 e. The van der Waals surface area contributed by atoms with Crippen LogP contribution in [-0.4, -0.2) is 47.0 Å². The van der Waals surface area contributed by atoms with Gasteiger partial charge in [0.1, 0.15) is 6.33 Å². The standard InChI is InChI=1S/C21H21ClN4O3S2/c1-3-31(28,29)26-9-8-15-10-16(5-7-19(15)26)20(27)12-30-21-24-23-13-25(21)17-6-4-14(2)18(22)11-17/h4-7,10-11,13H,3,8-9,12H2,1-2H3. The number of carbonyl (C=O) groups excluding carboxylic acids is 1. The van der Waals surface area contributed by atoms with Crippen molar-refractivity contribution >= 4 is 44.9 Å². The van der Waals surface area contributed by atoms with Crippen LogP contribution >= 0.6 is 23.4 Å². The Balaban J connectivity index is 1.49. The second kappa shape index (κ2) is 8.64. The molecule has 0 unspecified atom stereocenters. The fourth-order valence-corrected chi connectivity index (χ4v) is 5.59. The first-order valence-electron chi connectivity index (χ1n) is 9.76. The highest BCUT2D eigenvalue weighted by molar-refractivity contribution is 7.99. The van der Waals surface area contributed by atoms with E-state index in [4.69, 9.17) is 11.6 Å². The summed E-state index contributed by atoms with van der Waals surface area (Å²) in [7, 11) is -3.30. The van der Waals surface area contributed by atoms with Crippen molar-refractivity contribution in [2.75, 3.05) is 22.4 Å². The van der Waals surface area contributed by atoms with Crippen LogP contribution < -0.4 is 4.31 Å². The number of benzene rings is 2. The Kier molecular flexibility index (Phi) is 6.09. The van der Waals surface area contributed by atoms with Gasteiger partial charge in [0.25, 0.3) is 0 Å². The van der Waals surface area contributed by atoms with Crippen LogP contribution in [0.5, 0.6) is 0 Å². The molecule has 0 aliphatic carbocycles. The maximum absolute atomic E-state index is 12.8. The average molecular weight is 477 g/mol. The predicted octanol–water partition coefficient (Wildman–Crippen LogP) is 3.92. The molecule has 0 saturated heterocycles. The first-order chi connectivity index (χ1) is 14.8. The molecule has 10 heteroatoms. The van der Waals surface area contributed by atoms with E-state index < -0.39 is 10.0 Å². The van der Waals surface area contributed by atoms with Crippen molar-refractivity contribution in [3.63, 3.8) is 0 Å². The Morgan fingerprint density at radius 1 is 1.23 bits per heavy atom. The highest BCUT2D eigenvalue weighted by atomic mass is 35.5. The molecule has 0 radical (unpaired) electrons. The molecule has 3 aromatic rings. The number of nitrogens with zero attached hydrogens (tertiary/aromatic N) is 4. The van der Waals surface area contributed by atoms with Crippen LogP contribution in [0.2, 0.25) is 5.02 Å². The second-order valence-electron chi connectivity index (χ2n) is 7.20. The van der Waals surface area contributed by atoms with Crippen molar-refractivity contribution in [1.29, 1.82) is 0 Å². The van der Waals surface area contributed by atoms with Gasteiger partial charge in [0.05, 0.1) is 22.9 Å². The summed E-state index contributed by atoms with van der Waals surface area (Å²) in [4.78, 5) is 12.8. The van der Waals surface area contributed by atoms with E-state index in [-0.39, 0.29) is 17.3 Å². The summed E-state index contributed by atoms with van der Waals surface area (Å²) in [5.74, 6) is 0.186. The number of ketones is 1. The third kappa shape index (κ3) is 4.35. The lowest BCUT2D eigenvalue weighted by molar-refractivity contribution is 0.102. The van der Waals surface area contributed by atoms with Gasteiger partial charge in [0.2, 0.25) is 10.0 Å². The second-order valence-corrected chi connectivity index (χ2v) is 10.7. The van der Waals surface area contributed by atoms with E-state index in [9.17, 15) is 13.2 Å². The molecular formula is C21H21ClN4O3S2. The summed E-state index contributed by atoms with van der Waals surface area (Å²) in [6, 6.07) is 10.9. The SMILES string of the molecule is CCS(=O)(=O)N1CCc2cc(C(=O)CSc3nncn3-c3ccc(C)c(Cl)c3)ccc21. The lowest BCUT2D eigenvalue weighted by atomic mass is 10.1. The average Bonchev–Trinajstić information content (AvgIpc) is 3.40. The number of aryl methyl sites for hydroxylation is 1. The lowest BCUT2D eigenvalue weighted by Gasteiger charge is -2.18. The van der Waals surface area contributed by atoms with Crippen LogP contribution in [0.3, 0.4) is 0 Å². The molecule has 4 rings (SSSR count). The van der Waals surface area contributed by atoms with Crippen molar-refractivity contribution in [3.8, 4) is 5.69 Å². The molecular weight excluding hydrogens is 456 g/mol. The number of aromatic nitrogens is 3. The van der Waals surface area contributed by atoms with Gasteiger partial charge >= 0.3 is 0 Å². The first kappa shape index (κ1) is 21.9. The van der Waals surface area contributed by atoms with Crippen LogP contribution in [0.4, 0.5) is 5.69 Å². The van der Waals surface area contributed by atoms with E-state index in [0.29, 0.717) is 34.4 Å². The molecule has 0 saturated carbocycles. The normalized spacial score (nSPS) is 13.5. The van der Waals surface area contributed by atoms with Crippen molar-refractivity contribution < 1.29 is 13.2 Å². The number of anilines is 1. The molecule has 162 valence electrons. The maximum Gasteiger partial charge on any atom is 0.234 e. The zero-order valence-corrected chi connectivity index (χ0v) is 19.5. The van der Waals surface area contributed by atoms with Gasteiger partial charge in [-0.25, -0.2) is 8.42 Å². The highest BCUT2D eigenvalue weighted by Crippen LogP contribution is 2.32. The van der Waals surface area contributed by atoms with Crippen molar-refractivity contribution in [2.45, 2.75) is 25.4 Å². The summed E-state index contributed by atoms with van der Waals surface area (Å²) in [5, 5.41) is 9.33.